The molecule has 0 fully saturated rings. The Labute approximate surface area is 116 Å². The van der Waals surface area contributed by atoms with E-state index in [1.54, 1.807) is 0 Å². The molecule has 9 nitrogen and oxygen atoms in total. The van der Waals surface area contributed by atoms with E-state index in [4.69, 9.17) is 5.11 Å². The highest BCUT2D eigenvalue weighted by molar-refractivity contribution is 9.10. The number of anilines is 1. The van der Waals surface area contributed by atoms with Gasteiger partial charge in [0.2, 0.25) is 0 Å². The first-order valence-electron chi connectivity index (χ1n) is 5.50. The van der Waals surface area contributed by atoms with Crippen LogP contribution < -0.4 is 10.9 Å². The van der Waals surface area contributed by atoms with Crippen molar-refractivity contribution in [3.8, 4) is 0 Å². The molecule has 1 unspecified atom stereocenters. The van der Waals surface area contributed by atoms with Crippen LogP contribution in [0.15, 0.2) is 15.5 Å². The zero-order chi connectivity index (χ0) is 13.8. The molecule has 2 aromatic heterocycles. The van der Waals surface area contributed by atoms with Gasteiger partial charge in [0, 0.05) is 0 Å². The molecule has 2 heterocycles. The molecular formula is C9H12BrN7O2. The largest absolute Gasteiger partial charge is 0.394 e. The number of aliphatic hydroxyl groups excluding tert-OH is 1. The van der Waals surface area contributed by atoms with E-state index < -0.39 is 0 Å². The SMILES string of the molecule is CC(Nc1cnn(CCO)c(=O)c1Br)c1nn[nH]n1. The second kappa shape index (κ2) is 5.89. The van der Waals surface area contributed by atoms with Gasteiger partial charge in [-0.2, -0.15) is 10.3 Å². The lowest BCUT2D eigenvalue weighted by molar-refractivity contribution is 0.266. The monoisotopic (exact) mass is 329 g/mol. The molecule has 0 saturated heterocycles. The molecule has 1 atom stereocenters. The number of tetrazole rings is 1. The standard InChI is InChI=1S/C9H12BrN7O2/c1-5(8-13-15-16-14-8)12-6-4-11-17(2-3-18)9(19)7(6)10/h4-5,12,18H,2-3H2,1H3,(H,13,14,15,16). The Kier molecular flexibility index (Phi) is 4.22. The van der Waals surface area contributed by atoms with Crippen LogP contribution in [0.25, 0.3) is 0 Å². The fourth-order valence-corrected chi connectivity index (χ4v) is 1.89. The lowest BCUT2D eigenvalue weighted by atomic mass is 10.3. The van der Waals surface area contributed by atoms with E-state index >= 15 is 0 Å². The van der Waals surface area contributed by atoms with E-state index in [0.717, 1.165) is 0 Å². The third kappa shape index (κ3) is 2.96. The normalized spacial score (nSPS) is 12.4. The van der Waals surface area contributed by atoms with Crippen LogP contribution in [0, 0.1) is 0 Å². The molecule has 0 aliphatic carbocycles. The average Bonchev–Trinajstić information content (AvgIpc) is 2.92. The predicted octanol–water partition coefficient (Wildman–Crippen LogP) is -0.316. The number of aliphatic hydroxyl groups is 1. The molecule has 0 bridgehead atoms. The Hall–Kier alpha value is -1.81. The van der Waals surface area contributed by atoms with Crippen molar-refractivity contribution in [1.82, 2.24) is 30.4 Å². The maximum Gasteiger partial charge on any atom is 0.283 e. The van der Waals surface area contributed by atoms with Crippen LogP contribution >= 0.6 is 15.9 Å². The molecular weight excluding hydrogens is 318 g/mol. The van der Waals surface area contributed by atoms with E-state index in [0.29, 0.717) is 16.0 Å². The van der Waals surface area contributed by atoms with Crippen molar-refractivity contribution < 1.29 is 5.11 Å². The fraction of sp³-hybridized carbons (Fsp3) is 0.444. The van der Waals surface area contributed by atoms with E-state index in [2.05, 4.69) is 47.0 Å². The summed E-state index contributed by atoms with van der Waals surface area (Å²) in [6.07, 6.45) is 1.50. The number of aromatic nitrogens is 6. The van der Waals surface area contributed by atoms with Gasteiger partial charge in [-0.1, -0.05) is 5.21 Å². The van der Waals surface area contributed by atoms with Crippen molar-refractivity contribution >= 4 is 21.6 Å². The van der Waals surface area contributed by atoms with Gasteiger partial charge in [0.1, 0.15) is 4.47 Å². The van der Waals surface area contributed by atoms with Crippen LogP contribution in [-0.2, 0) is 6.54 Å². The Bertz CT molecular complexity index is 597. The van der Waals surface area contributed by atoms with E-state index in [1.165, 1.54) is 10.9 Å². The molecule has 0 aliphatic rings. The summed E-state index contributed by atoms with van der Waals surface area (Å²) in [7, 11) is 0. The lowest BCUT2D eigenvalue weighted by Crippen LogP contribution is -2.26. The Morgan fingerprint density at radius 3 is 3.05 bits per heavy atom. The number of hydrogen-bond acceptors (Lipinski definition) is 7. The van der Waals surface area contributed by atoms with Crippen molar-refractivity contribution in [3.63, 3.8) is 0 Å². The van der Waals surface area contributed by atoms with E-state index in [1.807, 2.05) is 6.92 Å². The molecule has 0 amide bonds. The zero-order valence-corrected chi connectivity index (χ0v) is 11.6. The summed E-state index contributed by atoms with van der Waals surface area (Å²) < 4.78 is 1.51. The minimum absolute atomic E-state index is 0.147. The molecule has 0 saturated carbocycles. The zero-order valence-electron chi connectivity index (χ0n) is 10.0. The summed E-state index contributed by atoms with van der Waals surface area (Å²) in [5.41, 5.74) is 0.204. The van der Waals surface area contributed by atoms with Gasteiger partial charge in [-0.25, -0.2) is 4.68 Å². The first-order valence-corrected chi connectivity index (χ1v) is 6.29. The molecule has 0 radical (unpaired) electrons. The highest BCUT2D eigenvalue weighted by atomic mass is 79.9. The van der Waals surface area contributed by atoms with Gasteiger partial charge in [0.05, 0.1) is 31.1 Å². The Morgan fingerprint density at radius 2 is 2.42 bits per heavy atom. The minimum atomic E-state index is -0.320. The first kappa shape index (κ1) is 13.6. The number of halogens is 1. The van der Waals surface area contributed by atoms with Crippen molar-refractivity contribution in [2.75, 3.05) is 11.9 Å². The van der Waals surface area contributed by atoms with Crippen LogP contribution in [0.2, 0.25) is 0 Å². The minimum Gasteiger partial charge on any atom is -0.394 e. The molecule has 2 aromatic rings. The smallest absolute Gasteiger partial charge is 0.283 e. The van der Waals surface area contributed by atoms with Gasteiger partial charge in [-0.3, -0.25) is 4.79 Å². The molecule has 2 rings (SSSR count). The third-order valence-electron chi connectivity index (χ3n) is 2.42. The molecule has 0 spiro atoms. The quantitative estimate of drug-likeness (QED) is 0.687. The number of nitrogens with one attached hydrogen (secondary N) is 2. The molecule has 102 valence electrons. The van der Waals surface area contributed by atoms with Gasteiger partial charge < -0.3 is 10.4 Å². The summed E-state index contributed by atoms with van der Waals surface area (Å²) in [4.78, 5) is 11.9. The summed E-state index contributed by atoms with van der Waals surface area (Å²) >= 11 is 3.21. The summed E-state index contributed by atoms with van der Waals surface area (Å²) in [5, 5.41) is 29.3. The topological polar surface area (TPSA) is 122 Å². The van der Waals surface area contributed by atoms with Crippen LogP contribution in [0.4, 0.5) is 5.69 Å². The number of aromatic amines is 1. The Balaban J connectivity index is 2.22. The second-order valence-corrected chi connectivity index (χ2v) is 4.55. The summed E-state index contributed by atoms with van der Waals surface area (Å²) in [6, 6.07) is -0.232. The van der Waals surface area contributed by atoms with E-state index in [9.17, 15) is 4.79 Å². The first-order chi connectivity index (χ1) is 9.13. The van der Waals surface area contributed by atoms with Crippen molar-refractivity contribution in [3.05, 3.63) is 26.8 Å². The molecule has 0 aliphatic heterocycles. The number of rotatable bonds is 5. The van der Waals surface area contributed by atoms with Gasteiger partial charge >= 0.3 is 0 Å². The van der Waals surface area contributed by atoms with Crippen molar-refractivity contribution in [2.24, 2.45) is 0 Å². The fourth-order valence-electron chi connectivity index (χ4n) is 1.47. The second-order valence-electron chi connectivity index (χ2n) is 3.76. The Morgan fingerprint density at radius 1 is 1.63 bits per heavy atom. The summed E-state index contributed by atoms with van der Waals surface area (Å²) in [5.74, 6) is 0.478. The predicted molar refractivity (Wildman–Crippen MR) is 69.5 cm³/mol. The molecule has 19 heavy (non-hydrogen) atoms. The number of nitrogens with zero attached hydrogens (tertiary/aromatic N) is 5. The molecule has 0 aromatic carbocycles. The van der Waals surface area contributed by atoms with Crippen LogP contribution in [0.1, 0.15) is 18.8 Å². The van der Waals surface area contributed by atoms with Crippen LogP contribution in [0.3, 0.4) is 0 Å². The maximum atomic E-state index is 11.9. The molecule has 3 N–H and O–H groups in total. The lowest BCUT2D eigenvalue weighted by Gasteiger charge is -2.13. The average molecular weight is 330 g/mol. The van der Waals surface area contributed by atoms with Crippen molar-refractivity contribution in [2.45, 2.75) is 19.5 Å². The maximum absolute atomic E-state index is 11.9. The van der Waals surface area contributed by atoms with Gasteiger partial charge in [-0.05, 0) is 22.9 Å². The van der Waals surface area contributed by atoms with E-state index in [-0.39, 0.29) is 24.8 Å². The van der Waals surface area contributed by atoms with Crippen molar-refractivity contribution in [1.29, 1.82) is 0 Å². The molecule has 10 heteroatoms. The highest BCUT2D eigenvalue weighted by Crippen LogP contribution is 2.20. The summed E-state index contributed by atoms with van der Waals surface area (Å²) in [6.45, 7) is 1.83. The van der Waals surface area contributed by atoms with Crippen LogP contribution in [0.5, 0.6) is 0 Å². The van der Waals surface area contributed by atoms with Gasteiger partial charge in [0.15, 0.2) is 5.82 Å². The third-order valence-corrected chi connectivity index (χ3v) is 3.18. The number of H-pyrrole nitrogens is 1. The highest BCUT2D eigenvalue weighted by Gasteiger charge is 2.14. The van der Waals surface area contributed by atoms with Gasteiger partial charge in [0.25, 0.3) is 5.56 Å². The van der Waals surface area contributed by atoms with Crippen LogP contribution in [-0.4, -0.2) is 42.1 Å². The number of hydrogen-bond donors (Lipinski definition) is 3. The van der Waals surface area contributed by atoms with Gasteiger partial charge in [-0.15, -0.1) is 10.2 Å².